The van der Waals surface area contributed by atoms with E-state index in [-0.39, 0.29) is 0 Å². The van der Waals surface area contributed by atoms with Gasteiger partial charge < -0.3 is 5.32 Å². The molecule has 16 heavy (non-hydrogen) atoms. The molecule has 0 atom stereocenters. The molecule has 0 spiro atoms. The molecule has 1 aliphatic rings. The molecule has 0 amide bonds. The fourth-order valence-electron chi connectivity index (χ4n) is 1.66. The number of likely N-dealkylation sites (N-methyl/N-ethyl adjacent to an activating group) is 1. The number of hydrogen-bond acceptors (Lipinski definition) is 3. The second kappa shape index (κ2) is 5.50. The normalized spacial score (nSPS) is 16.0. The van der Waals surface area contributed by atoms with Crippen LogP contribution in [0.1, 0.15) is 23.3 Å². The molecule has 1 saturated carbocycles. The van der Waals surface area contributed by atoms with Crippen LogP contribution in [-0.2, 0) is 6.54 Å². The van der Waals surface area contributed by atoms with Crippen molar-refractivity contribution in [3.8, 4) is 0 Å². The van der Waals surface area contributed by atoms with Crippen LogP contribution in [0.3, 0.4) is 0 Å². The van der Waals surface area contributed by atoms with Gasteiger partial charge in [0.25, 0.3) is 0 Å². The Balaban J connectivity index is 1.72. The second-order valence-electron chi connectivity index (χ2n) is 4.62. The SMILES string of the molecule is Cc1csc(CN(C)CCNC2CC2)c1Cl. The van der Waals surface area contributed by atoms with Crippen LogP contribution in [0.5, 0.6) is 0 Å². The first-order chi connectivity index (χ1) is 7.66. The molecule has 90 valence electrons. The van der Waals surface area contributed by atoms with Crippen molar-refractivity contribution in [2.45, 2.75) is 32.4 Å². The van der Waals surface area contributed by atoms with Gasteiger partial charge in [0.2, 0.25) is 0 Å². The minimum absolute atomic E-state index is 0.806. The number of nitrogens with one attached hydrogen (secondary N) is 1. The van der Waals surface area contributed by atoms with Gasteiger partial charge in [-0.15, -0.1) is 11.3 Å². The van der Waals surface area contributed by atoms with Gasteiger partial charge in [0.1, 0.15) is 0 Å². The van der Waals surface area contributed by atoms with E-state index in [9.17, 15) is 0 Å². The molecule has 1 N–H and O–H groups in total. The summed E-state index contributed by atoms with van der Waals surface area (Å²) >= 11 is 7.98. The van der Waals surface area contributed by atoms with Crippen LogP contribution in [0.4, 0.5) is 0 Å². The smallest absolute Gasteiger partial charge is 0.0587 e. The lowest BCUT2D eigenvalue weighted by Gasteiger charge is -2.16. The third kappa shape index (κ3) is 3.45. The van der Waals surface area contributed by atoms with Crippen LogP contribution >= 0.6 is 22.9 Å². The zero-order chi connectivity index (χ0) is 11.5. The van der Waals surface area contributed by atoms with E-state index in [4.69, 9.17) is 11.6 Å². The summed E-state index contributed by atoms with van der Waals surface area (Å²) in [4.78, 5) is 3.61. The van der Waals surface area contributed by atoms with Crippen molar-refractivity contribution in [2.75, 3.05) is 20.1 Å². The maximum Gasteiger partial charge on any atom is 0.0587 e. The van der Waals surface area contributed by atoms with E-state index in [0.29, 0.717) is 0 Å². The number of nitrogens with zero attached hydrogens (tertiary/aromatic N) is 1. The summed E-state index contributed by atoms with van der Waals surface area (Å²) < 4.78 is 0. The van der Waals surface area contributed by atoms with Crippen LogP contribution < -0.4 is 5.32 Å². The monoisotopic (exact) mass is 258 g/mol. The van der Waals surface area contributed by atoms with Crippen LogP contribution in [0.15, 0.2) is 5.38 Å². The molecule has 0 aliphatic heterocycles. The molecule has 1 aromatic rings. The van der Waals surface area contributed by atoms with Crippen molar-refractivity contribution in [1.29, 1.82) is 0 Å². The lowest BCUT2D eigenvalue weighted by Crippen LogP contribution is -2.29. The molecule has 2 rings (SSSR count). The number of hydrogen-bond donors (Lipinski definition) is 1. The van der Waals surface area contributed by atoms with Gasteiger partial charge in [-0.2, -0.15) is 0 Å². The summed E-state index contributed by atoms with van der Waals surface area (Å²) in [5.74, 6) is 0. The third-order valence-electron chi connectivity index (χ3n) is 2.89. The van der Waals surface area contributed by atoms with E-state index >= 15 is 0 Å². The molecule has 0 unspecified atom stereocenters. The number of thiophene rings is 1. The van der Waals surface area contributed by atoms with Crippen molar-refractivity contribution < 1.29 is 0 Å². The molecule has 1 aromatic heterocycles. The minimum atomic E-state index is 0.806. The van der Waals surface area contributed by atoms with E-state index in [0.717, 1.165) is 30.7 Å². The highest BCUT2D eigenvalue weighted by molar-refractivity contribution is 7.10. The first-order valence-corrected chi connectivity index (χ1v) is 7.07. The van der Waals surface area contributed by atoms with Gasteiger partial charge in [0.05, 0.1) is 5.02 Å². The van der Waals surface area contributed by atoms with E-state index in [2.05, 4.69) is 29.6 Å². The van der Waals surface area contributed by atoms with Crippen molar-refractivity contribution in [3.05, 3.63) is 20.8 Å². The van der Waals surface area contributed by atoms with Crippen molar-refractivity contribution in [1.82, 2.24) is 10.2 Å². The van der Waals surface area contributed by atoms with Gasteiger partial charge in [-0.3, -0.25) is 4.90 Å². The Morgan fingerprint density at radius 1 is 1.56 bits per heavy atom. The highest BCUT2D eigenvalue weighted by Crippen LogP contribution is 2.27. The van der Waals surface area contributed by atoms with Gasteiger partial charge in [0.15, 0.2) is 0 Å². The summed E-state index contributed by atoms with van der Waals surface area (Å²) in [5, 5.41) is 6.61. The molecule has 0 bridgehead atoms. The third-order valence-corrected chi connectivity index (χ3v) is 4.61. The summed E-state index contributed by atoms with van der Waals surface area (Å²) in [6.45, 7) is 5.20. The zero-order valence-electron chi connectivity index (χ0n) is 9.92. The summed E-state index contributed by atoms with van der Waals surface area (Å²) in [7, 11) is 2.15. The second-order valence-corrected chi connectivity index (χ2v) is 5.96. The maximum absolute atomic E-state index is 6.22. The van der Waals surface area contributed by atoms with Crippen LogP contribution in [0, 0.1) is 6.92 Å². The number of aryl methyl sites for hydroxylation is 1. The van der Waals surface area contributed by atoms with E-state index < -0.39 is 0 Å². The molecule has 2 nitrogen and oxygen atoms in total. The van der Waals surface area contributed by atoms with E-state index in [1.54, 1.807) is 11.3 Å². The lowest BCUT2D eigenvalue weighted by molar-refractivity contribution is 0.327. The highest BCUT2D eigenvalue weighted by atomic mass is 35.5. The largest absolute Gasteiger partial charge is 0.313 e. The fraction of sp³-hybridized carbons (Fsp3) is 0.667. The molecule has 0 radical (unpaired) electrons. The van der Waals surface area contributed by atoms with Gasteiger partial charge >= 0.3 is 0 Å². The Labute approximate surface area is 107 Å². The average molecular weight is 259 g/mol. The molecule has 4 heteroatoms. The summed E-state index contributed by atoms with van der Waals surface area (Å²) in [6, 6.07) is 0.806. The molecule has 1 fully saturated rings. The fourth-order valence-corrected chi connectivity index (χ4v) is 2.97. The molecule has 0 aromatic carbocycles. The molecule has 1 heterocycles. The predicted octanol–water partition coefficient (Wildman–Crippen LogP) is 2.89. The van der Waals surface area contributed by atoms with Crippen molar-refractivity contribution in [3.63, 3.8) is 0 Å². The van der Waals surface area contributed by atoms with Gasteiger partial charge in [0, 0.05) is 30.6 Å². The minimum Gasteiger partial charge on any atom is -0.313 e. The Morgan fingerprint density at radius 2 is 2.31 bits per heavy atom. The van der Waals surface area contributed by atoms with Crippen LogP contribution in [0.2, 0.25) is 5.02 Å². The number of halogens is 1. The van der Waals surface area contributed by atoms with Gasteiger partial charge in [-0.1, -0.05) is 11.6 Å². The predicted molar refractivity (Wildman–Crippen MR) is 71.4 cm³/mol. The van der Waals surface area contributed by atoms with Crippen LogP contribution in [0.25, 0.3) is 0 Å². The van der Waals surface area contributed by atoms with E-state index in [1.807, 2.05) is 0 Å². The highest BCUT2D eigenvalue weighted by Gasteiger charge is 2.19. The Morgan fingerprint density at radius 3 is 2.88 bits per heavy atom. The first-order valence-electron chi connectivity index (χ1n) is 5.81. The Kier molecular flexibility index (Phi) is 4.25. The van der Waals surface area contributed by atoms with Crippen molar-refractivity contribution >= 4 is 22.9 Å². The summed E-state index contributed by atoms with van der Waals surface area (Å²) in [5.41, 5.74) is 1.20. The zero-order valence-corrected chi connectivity index (χ0v) is 11.5. The van der Waals surface area contributed by atoms with E-state index in [1.165, 1.54) is 23.3 Å². The Hall–Kier alpha value is -0.0900. The standard InChI is InChI=1S/C12H19ClN2S/c1-9-8-16-11(12(9)13)7-15(2)6-5-14-10-3-4-10/h8,10,14H,3-7H2,1-2H3. The topological polar surface area (TPSA) is 15.3 Å². The molecular formula is C12H19ClN2S. The van der Waals surface area contributed by atoms with Gasteiger partial charge in [-0.25, -0.2) is 0 Å². The van der Waals surface area contributed by atoms with Crippen molar-refractivity contribution in [2.24, 2.45) is 0 Å². The Bertz CT molecular complexity index is 347. The molecule has 1 aliphatic carbocycles. The number of rotatable bonds is 6. The van der Waals surface area contributed by atoms with Crippen LogP contribution in [-0.4, -0.2) is 31.1 Å². The quantitative estimate of drug-likeness (QED) is 0.844. The average Bonchev–Trinajstić information content (AvgIpc) is 3.01. The molecule has 0 saturated heterocycles. The first kappa shape index (κ1) is 12.4. The van der Waals surface area contributed by atoms with Gasteiger partial charge in [-0.05, 0) is 37.8 Å². The maximum atomic E-state index is 6.22. The lowest BCUT2D eigenvalue weighted by atomic mass is 10.3. The molecular weight excluding hydrogens is 240 g/mol. The summed E-state index contributed by atoms with van der Waals surface area (Å²) in [6.07, 6.45) is 2.72.